The van der Waals surface area contributed by atoms with Crippen molar-refractivity contribution in [2.75, 3.05) is 0 Å². The Morgan fingerprint density at radius 3 is 1.63 bits per heavy atom. The molecule has 0 aliphatic carbocycles. The van der Waals surface area contributed by atoms with E-state index in [9.17, 15) is 0 Å². The Hall–Kier alpha value is -6.99. The van der Waals surface area contributed by atoms with Gasteiger partial charge in [0, 0.05) is 84.5 Å². The zero-order chi connectivity index (χ0) is 37.5. The number of benzene rings is 8. The van der Waals surface area contributed by atoms with Crippen LogP contribution < -0.4 is 0 Å². The van der Waals surface area contributed by atoms with Crippen molar-refractivity contribution in [3.05, 3.63) is 176 Å². The lowest BCUT2D eigenvalue weighted by atomic mass is 9.93. The zero-order valence-electron chi connectivity index (χ0n) is 30.3. The second-order valence-electron chi connectivity index (χ2n) is 14.2. The van der Waals surface area contributed by atoms with Gasteiger partial charge in [-0.1, -0.05) is 152 Å². The maximum absolute atomic E-state index is 6.88. The number of furan rings is 1. The average molecular weight is 764 g/mol. The highest BCUT2D eigenvalue weighted by molar-refractivity contribution is 7.26. The van der Waals surface area contributed by atoms with Gasteiger partial charge in [0.25, 0.3) is 0 Å². The van der Waals surface area contributed by atoms with Crippen LogP contribution in [0, 0.1) is 0 Å². The molecule has 0 radical (unpaired) electrons. The molecule has 0 atom stereocenters. The quantitative estimate of drug-likeness (QED) is 0.175. The van der Waals surface area contributed by atoms with Crippen LogP contribution in [-0.4, -0.2) is 15.0 Å². The molecule has 0 amide bonds. The molecular formula is C51H29N3OS2. The number of nitrogens with zero attached hydrogens (tertiary/aromatic N) is 3. The summed E-state index contributed by atoms with van der Waals surface area (Å²) in [5.74, 6) is 1.95. The lowest BCUT2D eigenvalue weighted by Crippen LogP contribution is -2.00. The van der Waals surface area contributed by atoms with Crippen LogP contribution in [-0.2, 0) is 0 Å². The van der Waals surface area contributed by atoms with Crippen molar-refractivity contribution < 1.29 is 4.42 Å². The Bertz CT molecular complexity index is 3470. The second-order valence-corrected chi connectivity index (χ2v) is 16.3. The molecule has 266 valence electrons. The molecule has 4 aromatic heterocycles. The van der Waals surface area contributed by atoms with E-state index in [1.165, 1.54) is 40.7 Å². The van der Waals surface area contributed by atoms with Crippen molar-refractivity contribution in [1.29, 1.82) is 0 Å². The van der Waals surface area contributed by atoms with Gasteiger partial charge < -0.3 is 4.42 Å². The smallest absolute Gasteiger partial charge is 0.164 e. The van der Waals surface area contributed by atoms with Gasteiger partial charge in [0.2, 0.25) is 0 Å². The van der Waals surface area contributed by atoms with Crippen molar-refractivity contribution in [2.24, 2.45) is 0 Å². The molecule has 4 heterocycles. The van der Waals surface area contributed by atoms with Gasteiger partial charge in [-0.25, -0.2) is 15.0 Å². The molecule has 0 N–H and O–H groups in total. The Morgan fingerprint density at radius 1 is 0.333 bits per heavy atom. The van der Waals surface area contributed by atoms with Crippen LogP contribution in [0.15, 0.2) is 180 Å². The van der Waals surface area contributed by atoms with Gasteiger partial charge in [-0.05, 0) is 29.8 Å². The SMILES string of the molecule is c1ccc(-c2nc(-c3ccccc3)nc(-c3cccc4sc5c(-c6ccc(-c7cccc8c7sc7ccccc78)c7c6oc6ccccc67)cccc5c34)n2)cc1. The average Bonchev–Trinajstić information content (AvgIpc) is 3.99. The third-order valence-corrected chi connectivity index (χ3v) is 13.4. The summed E-state index contributed by atoms with van der Waals surface area (Å²) in [4.78, 5) is 15.2. The van der Waals surface area contributed by atoms with E-state index in [2.05, 4.69) is 115 Å². The molecule has 57 heavy (non-hydrogen) atoms. The monoisotopic (exact) mass is 763 g/mol. The molecule has 0 saturated heterocycles. The Kier molecular flexibility index (Phi) is 7.24. The molecule has 4 nitrogen and oxygen atoms in total. The molecule has 6 heteroatoms. The fourth-order valence-electron chi connectivity index (χ4n) is 8.40. The summed E-state index contributed by atoms with van der Waals surface area (Å²) >= 11 is 3.66. The first kappa shape index (κ1) is 32.3. The van der Waals surface area contributed by atoms with E-state index < -0.39 is 0 Å². The van der Waals surface area contributed by atoms with E-state index in [-0.39, 0.29) is 0 Å². The number of rotatable bonds is 5. The van der Waals surface area contributed by atoms with Crippen molar-refractivity contribution in [1.82, 2.24) is 15.0 Å². The molecule has 0 saturated carbocycles. The summed E-state index contributed by atoms with van der Waals surface area (Å²) in [5, 5.41) is 7.14. The summed E-state index contributed by atoms with van der Waals surface area (Å²) in [5.41, 5.74) is 9.28. The molecule has 0 spiro atoms. The molecule has 0 bridgehead atoms. The van der Waals surface area contributed by atoms with Crippen molar-refractivity contribution in [2.45, 2.75) is 0 Å². The summed E-state index contributed by atoms with van der Waals surface area (Å²) < 4.78 is 11.8. The normalized spacial score (nSPS) is 11.9. The van der Waals surface area contributed by atoms with Crippen LogP contribution in [0.1, 0.15) is 0 Å². The Balaban J connectivity index is 1.09. The third-order valence-electron chi connectivity index (χ3n) is 11.0. The minimum atomic E-state index is 0.649. The topological polar surface area (TPSA) is 51.8 Å². The first-order valence-electron chi connectivity index (χ1n) is 18.9. The Morgan fingerprint density at radius 2 is 0.860 bits per heavy atom. The van der Waals surface area contributed by atoms with E-state index in [1.54, 1.807) is 11.3 Å². The van der Waals surface area contributed by atoms with E-state index in [4.69, 9.17) is 19.4 Å². The van der Waals surface area contributed by atoms with Crippen LogP contribution >= 0.6 is 22.7 Å². The predicted molar refractivity (Wildman–Crippen MR) is 240 cm³/mol. The molecule has 12 rings (SSSR count). The van der Waals surface area contributed by atoms with Crippen LogP contribution in [0.4, 0.5) is 0 Å². The van der Waals surface area contributed by atoms with E-state index in [0.29, 0.717) is 17.5 Å². The third kappa shape index (κ3) is 5.08. The van der Waals surface area contributed by atoms with Gasteiger partial charge in [-0.3, -0.25) is 0 Å². The van der Waals surface area contributed by atoms with Crippen LogP contribution in [0.25, 0.3) is 119 Å². The molecule has 0 aliphatic rings. The van der Waals surface area contributed by atoms with Gasteiger partial charge in [0.15, 0.2) is 17.5 Å². The zero-order valence-corrected chi connectivity index (χ0v) is 31.9. The molecule has 0 fully saturated rings. The highest BCUT2D eigenvalue weighted by Crippen LogP contribution is 2.49. The largest absolute Gasteiger partial charge is 0.455 e. The van der Waals surface area contributed by atoms with Gasteiger partial charge in [-0.2, -0.15) is 0 Å². The number of para-hydroxylation sites is 1. The fraction of sp³-hybridized carbons (Fsp3) is 0. The van der Waals surface area contributed by atoms with Gasteiger partial charge in [0.1, 0.15) is 11.2 Å². The Labute approximate surface area is 335 Å². The number of aromatic nitrogens is 3. The van der Waals surface area contributed by atoms with Crippen LogP contribution in [0.2, 0.25) is 0 Å². The maximum Gasteiger partial charge on any atom is 0.164 e. The summed E-state index contributed by atoms with van der Waals surface area (Å²) in [6, 6.07) is 61.8. The number of hydrogen-bond donors (Lipinski definition) is 0. The van der Waals surface area contributed by atoms with Gasteiger partial charge in [0.05, 0.1) is 0 Å². The summed E-state index contributed by atoms with van der Waals surface area (Å²) in [7, 11) is 0. The van der Waals surface area contributed by atoms with E-state index >= 15 is 0 Å². The lowest BCUT2D eigenvalue weighted by Gasteiger charge is -2.11. The first-order valence-corrected chi connectivity index (χ1v) is 20.6. The molecule has 12 aromatic rings. The van der Waals surface area contributed by atoms with Crippen molar-refractivity contribution in [3.8, 4) is 56.4 Å². The predicted octanol–water partition coefficient (Wildman–Crippen LogP) is 14.8. The molecule has 0 unspecified atom stereocenters. The standard InChI is InChI=1S/C51H29N3OS2/c1-3-14-30(15-4-1)49-52-50(31-16-5-2-6-17-31)54-51(53-49)40-24-13-27-43-44(40)39-23-12-22-37(48(39)57-43)34-29-28-33(45-38-19-7-9-25-41(38)55-46(34)45)36-21-11-20-35-32-18-8-10-26-42(32)56-47(35)36/h1-29H. The highest BCUT2D eigenvalue weighted by Gasteiger charge is 2.23. The minimum Gasteiger partial charge on any atom is -0.455 e. The summed E-state index contributed by atoms with van der Waals surface area (Å²) in [6.07, 6.45) is 0. The molecular weight excluding hydrogens is 735 g/mol. The number of thiophene rings is 2. The first-order chi connectivity index (χ1) is 28.3. The maximum atomic E-state index is 6.88. The van der Waals surface area contributed by atoms with Gasteiger partial charge in [-0.15, -0.1) is 22.7 Å². The van der Waals surface area contributed by atoms with Crippen molar-refractivity contribution in [3.63, 3.8) is 0 Å². The van der Waals surface area contributed by atoms with Crippen LogP contribution in [0.3, 0.4) is 0 Å². The number of fused-ring (bicyclic) bond motifs is 9. The van der Waals surface area contributed by atoms with Gasteiger partial charge >= 0.3 is 0 Å². The van der Waals surface area contributed by atoms with E-state index in [0.717, 1.165) is 60.5 Å². The fourth-order valence-corrected chi connectivity index (χ4v) is 10.9. The molecule has 8 aromatic carbocycles. The minimum absolute atomic E-state index is 0.649. The molecule has 0 aliphatic heterocycles. The second kappa shape index (κ2) is 12.8. The number of hydrogen-bond acceptors (Lipinski definition) is 6. The van der Waals surface area contributed by atoms with Crippen molar-refractivity contribution >= 4 is 85.0 Å². The lowest BCUT2D eigenvalue weighted by molar-refractivity contribution is 0.670. The van der Waals surface area contributed by atoms with E-state index in [1.807, 2.05) is 72.0 Å². The highest BCUT2D eigenvalue weighted by atomic mass is 32.1. The summed E-state index contributed by atoms with van der Waals surface area (Å²) in [6.45, 7) is 0. The van der Waals surface area contributed by atoms with Crippen LogP contribution in [0.5, 0.6) is 0 Å².